The Morgan fingerprint density at radius 2 is 0.708 bits per heavy atom. The number of methoxy groups -OCH3 is 2. The maximum atomic E-state index is 6.58. The molecular weight excluding hydrogens is 646 g/mol. The Kier molecular flexibility index (Phi) is 7.95. The molecule has 8 nitrogen and oxygen atoms in total. The Labute approximate surface area is 276 Å². The van der Waals surface area contributed by atoms with Crippen molar-refractivity contribution in [3.8, 4) is 34.1 Å². The van der Waals surface area contributed by atoms with Crippen LogP contribution >= 0.6 is 16.5 Å². The fourth-order valence-electron chi connectivity index (χ4n) is 5.52. The van der Waals surface area contributed by atoms with Crippen LogP contribution in [0, 0.1) is 0 Å². The highest BCUT2D eigenvalue weighted by molar-refractivity contribution is 7.32. The van der Waals surface area contributed by atoms with E-state index in [0.717, 1.165) is 21.5 Å². The van der Waals surface area contributed by atoms with Crippen molar-refractivity contribution in [2.24, 2.45) is 0 Å². The van der Waals surface area contributed by atoms with Gasteiger partial charge in [-0.3, -0.25) is 0 Å². The fraction of sp³-hybridized carbons (Fsp3) is 0.0526. The first-order valence-corrected chi connectivity index (χ1v) is 17.3. The topological polar surface area (TPSA) is 89.5 Å². The SMILES string of the molecule is COc1ccc(Op2oc3ccccc3c3ccccc3o2)c(-c2cc(OC)ccc2Op2oc3ccccc3c3ccccc3o2)c1. The molecule has 8 rings (SSSR count). The van der Waals surface area contributed by atoms with Gasteiger partial charge in [0.15, 0.2) is 0 Å². The molecule has 48 heavy (non-hydrogen) atoms. The van der Waals surface area contributed by atoms with Gasteiger partial charge in [0, 0.05) is 32.7 Å². The lowest BCUT2D eigenvalue weighted by atomic mass is 10.0. The highest BCUT2D eigenvalue weighted by Gasteiger charge is 2.20. The van der Waals surface area contributed by atoms with Crippen LogP contribution in [0.3, 0.4) is 0 Å². The molecule has 8 aromatic rings. The normalized spacial score (nSPS) is 11.1. The van der Waals surface area contributed by atoms with Crippen LogP contribution in [0.1, 0.15) is 0 Å². The van der Waals surface area contributed by atoms with Gasteiger partial charge in [-0.05, 0) is 60.7 Å². The van der Waals surface area contributed by atoms with Crippen LogP contribution in [0.15, 0.2) is 150 Å². The number of fused-ring (bicyclic) bond motifs is 6. The van der Waals surface area contributed by atoms with E-state index in [-0.39, 0.29) is 0 Å². The van der Waals surface area contributed by atoms with Gasteiger partial charge < -0.3 is 35.3 Å². The summed E-state index contributed by atoms with van der Waals surface area (Å²) >= 11 is 0. The van der Waals surface area contributed by atoms with Gasteiger partial charge in [-0.2, -0.15) is 0 Å². The first-order chi connectivity index (χ1) is 23.7. The van der Waals surface area contributed by atoms with Crippen molar-refractivity contribution in [1.82, 2.24) is 0 Å². The van der Waals surface area contributed by atoms with E-state index >= 15 is 0 Å². The molecule has 10 heteroatoms. The zero-order chi connectivity index (χ0) is 32.5. The minimum Gasteiger partial charge on any atom is -0.497 e. The summed E-state index contributed by atoms with van der Waals surface area (Å²) in [4.78, 5) is 0. The number of rotatable bonds is 7. The molecule has 238 valence electrons. The number of ether oxygens (including phenoxy) is 2. The van der Waals surface area contributed by atoms with Crippen molar-refractivity contribution in [2.75, 3.05) is 14.2 Å². The second kappa shape index (κ2) is 12.8. The standard InChI is InChI=1S/C38H28O8P2/c1-39-25-19-21-37(45-47-41-33-15-7-3-11-27(33)28-12-4-8-16-34(28)42-47)31(23-25)32-24-26(40-2)20-22-38(32)46-48-43-35-17-9-5-13-29(35)30-14-6-10-18-36(30)44-48/h3-24H,1-2H3. The van der Waals surface area contributed by atoms with Gasteiger partial charge in [0.25, 0.3) is 0 Å². The van der Waals surface area contributed by atoms with Gasteiger partial charge in [0.1, 0.15) is 45.3 Å². The monoisotopic (exact) mass is 674 g/mol. The van der Waals surface area contributed by atoms with E-state index in [2.05, 4.69) is 0 Å². The van der Waals surface area contributed by atoms with Crippen molar-refractivity contribution in [2.45, 2.75) is 0 Å². The van der Waals surface area contributed by atoms with Crippen molar-refractivity contribution in [3.63, 3.8) is 0 Å². The van der Waals surface area contributed by atoms with Gasteiger partial charge in [0.2, 0.25) is 0 Å². The molecule has 2 heterocycles. The first-order valence-electron chi connectivity index (χ1n) is 15.1. The van der Waals surface area contributed by atoms with E-state index in [1.807, 2.05) is 133 Å². The Hall–Kier alpha value is -5.68. The highest BCUT2D eigenvalue weighted by atomic mass is 31.1. The minimum atomic E-state index is -1.93. The van der Waals surface area contributed by atoms with Crippen molar-refractivity contribution in [3.05, 3.63) is 133 Å². The van der Waals surface area contributed by atoms with Crippen LogP contribution in [-0.4, -0.2) is 14.2 Å². The molecule has 0 aliphatic heterocycles. The van der Waals surface area contributed by atoms with E-state index < -0.39 is 16.5 Å². The van der Waals surface area contributed by atoms with Gasteiger partial charge in [-0.25, -0.2) is 0 Å². The predicted molar refractivity (Wildman–Crippen MR) is 190 cm³/mol. The van der Waals surface area contributed by atoms with Gasteiger partial charge in [-0.15, -0.1) is 0 Å². The third-order valence-electron chi connectivity index (χ3n) is 7.83. The molecule has 0 saturated heterocycles. The minimum absolute atomic E-state index is 0.489. The summed E-state index contributed by atoms with van der Waals surface area (Å²) in [5, 5.41) is 3.70. The predicted octanol–water partition coefficient (Wildman–Crippen LogP) is 12.3. The first kappa shape index (κ1) is 29.7. The van der Waals surface area contributed by atoms with Crippen molar-refractivity contribution < 1.29 is 35.3 Å². The summed E-state index contributed by atoms with van der Waals surface area (Å²) < 4.78 is 49.9. The second-order valence-corrected chi connectivity index (χ2v) is 12.7. The third kappa shape index (κ3) is 5.73. The van der Waals surface area contributed by atoms with Crippen LogP contribution in [0.5, 0.6) is 23.0 Å². The van der Waals surface area contributed by atoms with Crippen molar-refractivity contribution in [1.29, 1.82) is 0 Å². The average molecular weight is 675 g/mol. The number of hydrogen-bond acceptors (Lipinski definition) is 8. The quantitative estimate of drug-likeness (QED) is 0.165. The average Bonchev–Trinajstić information content (AvgIpc) is 3.39. The Balaban J connectivity index is 1.29. The second-order valence-electron chi connectivity index (χ2n) is 10.7. The molecule has 6 aromatic carbocycles. The number of hydrogen-bond donors (Lipinski definition) is 0. The smallest absolute Gasteiger partial charge is 0.453 e. The van der Waals surface area contributed by atoms with E-state index in [9.17, 15) is 0 Å². The van der Waals surface area contributed by atoms with E-state index in [4.69, 9.17) is 35.3 Å². The van der Waals surface area contributed by atoms with Crippen molar-refractivity contribution >= 4 is 60.4 Å². The highest BCUT2D eigenvalue weighted by Crippen LogP contribution is 2.47. The summed E-state index contributed by atoms with van der Waals surface area (Å²) in [6, 6.07) is 42.3. The maximum Gasteiger partial charge on any atom is 0.453 e. The largest absolute Gasteiger partial charge is 0.497 e. The van der Waals surface area contributed by atoms with Crippen LogP contribution < -0.4 is 18.5 Å². The molecule has 0 aliphatic rings. The van der Waals surface area contributed by atoms with E-state index in [0.29, 0.717) is 56.5 Å². The number of benzene rings is 6. The summed E-state index contributed by atoms with van der Waals surface area (Å²) in [5.74, 6) is 2.21. The molecule has 0 saturated carbocycles. The summed E-state index contributed by atoms with van der Waals surface area (Å²) in [5.41, 5.74) is 3.99. The Morgan fingerprint density at radius 3 is 1.02 bits per heavy atom. The lowest BCUT2D eigenvalue weighted by molar-refractivity contribution is 0.413. The van der Waals surface area contributed by atoms with E-state index in [1.165, 1.54) is 0 Å². The Morgan fingerprint density at radius 1 is 0.396 bits per heavy atom. The lowest BCUT2D eigenvalue weighted by Crippen LogP contribution is -1.93. The molecule has 0 radical (unpaired) electrons. The molecule has 0 fully saturated rings. The fourth-order valence-corrected chi connectivity index (χ4v) is 7.66. The molecule has 0 amide bonds. The molecule has 0 N–H and O–H groups in total. The van der Waals surface area contributed by atoms with Crippen LogP contribution in [0.25, 0.3) is 55.0 Å². The summed E-state index contributed by atoms with van der Waals surface area (Å²) in [6.07, 6.45) is 0. The zero-order valence-electron chi connectivity index (χ0n) is 25.9. The number of para-hydroxylation sites is 4. The molecule has 0 aliphatic carbocycles. The zero-order valence-corrected chi connectivity index (χ0v) is 27.7. The van der Waals surface area contributed by atoms with E-state index in [1.54, 1.807) is 14.2 Å². The van der Waals surface area contributed by atoms with Crippen LogP contribution in [-0.2, 0) is 0 Å². The molecule has 0 unspecified atom stereocenters. The van der Waals surface area contributed by atoms with Gasteiger partial charge in [0.05, 0.1) is 14.2 Å². The molecule has 2 aromatic heterocycles. The molecule has 0 bridgehead atoms. The molecule has 0 spiro atoms. The van der Waals surface area contributed by atoms with Crippen LogP contribution in [0.2, 0.25) is 0 Å². The van der Waals surface area contributed by atoms with Gasteiger partial charge >= 0.3 is 16.5 Å². The molecule has 0 atom stereocenters. The third-order valence-corrected chi connectivity index (χ3v) is 9.90. The summed E-state index contributed by atoms with van der Waals surface area (Å²) in [6.45, 7) is 0. The lowest BCUT2D eigenvalue weighted by Gasteiger charge is -2.15. The summed E-state index contributed by atoms with van der Waals surface area (Å²) in [7, 11) is -0.622. The van der Waals surface area contributed by atoms with Crippen LogP contribution in [0.4, 0.5) is 0 Å². The maximum absolute atomic E-state index is 6.58. The molecular formula is C38H28O8P2. The Bertz CT molecular complexity index is 2230. The van der Waals surface area contributed by atoms with Gasteiger partial charge in [-0.1, -0.05) is 72.8 Å².